The lowest BCUT2D eigenvalue weighted by molar-refractivity contribution is 0.0191. The molecule has 2 aromatic rings. The number of fused-ring (bicyclic) bond motifs is 1. The topological polar surface area (TPSA) is 145 Å². The second-order valence-electron chi connectivity index (χ2n) is 7.37. The molecule has 2 aliphatic rings. The molecule has 0 spiro atoms. The van der Waals surface area contributed by atoms with Crippen LogP contribution in [0.15, 0.2) is 36.4 Å². The molecule has 0 unspecified atom stereocenters. The van der Waals surface area contributed by atoms with Crippen LogP contribution < -0.4 is 24.5 Å². The fourth-order valence-corrected chi connectivity index (χ4v) is 4.67. The summed E-state index contributed by atoms with van der Waals surface area (Å²) in [6.45, 7) is 0.962. The molecule has 0 aromatic heterocycles. The number of benzene rings is 2. The number of rotatable bonds is 7. The molecule has 2 fully saturated rings. The Morgan fingerprint density at radius 3 is 1.66 bits per heavy atom. The molecule has 0 radical (unpaired) electrons. The van der Waals surface area contributed by atoms with E-state index in [2.05, 4.69) is 4.18 Å². The Labute approximate surface area is 186 Å². The van der Waals surface area contributed by atoms with E-state index in [1.165, 1.54) is 13.2 Å². The highest BCUT2D eigenvalue weighted by Crippen LogP contribution is 2.51. The van der Waals surface area contributed by atoms with Crippen LogP contribution >= 0.6 is 0 Å². The predicted molar refractivity (Wildman–Crippen MR) is 114 cm³/mol. The first-order valence-corrected chi connectivity index (χ1v) is 11.0. The quantitative estimate of drug-likeness (QED) is 0.580. The molecule has 0 aliphatic carbocycles. The summed E-state index contributed by atoms with van der Waals surface area (Å²) >= 11 is 0. The summed E-state index contributed by atoms with van der Waals surface area (Å²) in [6, 6.07) is 10.6. The summed E-state index contributed by atoms with van der Waals surface area (Å²) < 4.78 is 64.1. The molecule has 10 nitrogen and oxygen atoms in total. The summed E-state index contributed by atoms with van der Waals surface area (Å²) in [5, 5.41) is 0. The number of hydrogen-bond donors (Lipinski definition) is 2. The van der Waals surface area contributed by atoms with Crippen molar-refractivity contribution in [3.8, 4) is 23.0 Å². The summed E-state index contributed by atoms with van der Waals surface area (Å²) in [4.78, 5) is 0. The summed E-state index contributed by atoms with van der Waals surface area (Å²) in [5.41, 5.74) is 1.68. The minimum atomic E-state index is -4.69. The van der Waals surface area contributed by atoms with Crippen LogP contribution in [0.1, 0.15) is 23.3 Å². The highest BCUT2D eigenvalue weighted by Gasteiger charge is 2.48. The van der Waals surface area contributed by atoms with Gasteiger partial charge in [-0.05, 0) is 35.4 Å². The number of hydrogen-bond acceptors (Lipinski definition) is 9. The molecular formula is C21H27NO9S. The highest BCUT2D eigenvalue weighted by molar-refractivity contribution is 7.81. The second-order valence-corrected chi connectivity index (χ2v) is 8.39. The molecule has 0 amide bonds. The molecule has 4 atom stereocenters. The maximum atomic E-state index is 11.2. The van der Waals surface area contributed by atoms with Gasteiger partial charge in [0.25, 0.3) is 0 Å². The summed E-state index contributed by atoms with van der Waals surface area (Å²) in [5.74, 6) is 1.52. The Kier molecular flexibility index (Phi) is 7.16. The van der Waals surface area contributed by atoms with Gasteiger partial charge in [-0.15, -0.1) is 0 Å². The first-order valence-electron chi connectivity index (χ1n) is 9.64. The monoisotopic (exact) mass is 469 g/mol. The van der Waals surface area contributed by atoms with E-state index >= 15 is 0 Å². The largest absolute Gasteiger partial charge is 0.493 e. The van der Waals surface area contributed by atoms with Crippen molar-refractivity contribution in [1.82, 2.24) is 6.15 Å². The van der Waals surface area contributed by atoms with Crippen molar-refractivity contribution in [3.05, 3.63) is 47.5 Å². The van der Waals surface area contributed by atoms with E-state index < -0.39 is 10.4 Å². The van der Waals surface area contributed by atoms with E-state index in [1.807, 2.05) is 18.2 Å². The van der Waals surface area contributed by atoms with Crippen molar-refractivity contribution >= 4 is 10.4 Å². The van der Waals surface area contributed by atoms with E-state index in [4.69, 9.17) is 28.2 Å². The molecule has 2 saturated heterocycles. The van der Waals surface area contributed by atoms with Crippen LogP contribution in [0.3, 0.4) is 0 Å². The molecule has 11 heteroatoms. The van der Waals surface area contributed by atoms with Crippen molar-refractivity contribution < 1.29 is 40.8 Å². The molecule has 0 saturated carbocycles. The van der Waals surface area contributed by atoms with Gasteiger partial charge in [-0.2, -0.15) is 8.42 Å². The van der Waals surface area contributed by atoms with Crippen LogP contribution in [0, 0.1) is 11.8 Å². The lowest BCUT2D eigenvalue weighted by Gasteiger charge is -2.18. The third-order valence-electron chi connectivity index (χ3n) is 5.71. The van der Waals surface area contributed by atoms with Gasteiger partial charge in [-0.3, -0.25) is 4.55 Å². The fourth-order valence-electron chi connectivity index (χ4n) is 4.31. The Hall–Kier alpha value is -2.57. The maximum absolute atomic E-state index is 11.2. The molecule has 4 N–H and O–H groups in total. The van der Waals surface area contributed by atoms with Gasteiger partial charge in [-0.1, -0.05) is 12.1 Å². The lowest BCUT2D eigenvalue weighted by Crippen LogP contribution is -2.15. The Morgan fingerprint density at radius 2 is 1.22 bits per heavy atom. The Bertz CT molecular complexity index is 1060. The summed E-state index contributed by atoms with van der Waals surface area (Å²) in [7, 11) is -0.136. The van der Waals surface area contributed by atoms with Crippen molar-refractivity contribution in [2.45, 2.75) is 12.2 Å². The molecule has 4 rings (SSSR count). The molecular weight excluding hydrogens is 442 g/mol. The van der Waals surface area contributed by atoms with Crippen LogP contribution in [0.2, 0.25) is 0 Å². The first kappa shape index (κ1) is 24.1. The lowest BCUT2D eigenvalue weighted by atomic mass is 9.85. The standard InChI is InChI=1S/C21H24O9S.H3N/c1-25-16-6-4-12(8-18(16)27-3)20-14-10-29-21(15(14)11-28-20)13-5-7-17(26-2)19(9-13)30-31(22,23)24;/h4-9,14-15,20-21H,10-11H2,1-3H3,(H,22,23,24);1H3/t14-,15-,20+,21-;/m0./s1. The Morgan fingerprint density at radius 1 is 0.781 bits per heavy atom. The van der Waals surface area contributed by atoms with Crippen LogP contribution in [0.25, 0.3) is 0 Å². The van der Waals surface area contributed by atoms with Gasteiger partial charge in [0, 0.05) is 11.8 Å². The van der Waals surface area contributed by atoms with Gasteiger partial charge < -0.3 is 34.0 Å². The normalized spacial score (nSPS) is 24.4. The van der Waals surface area contributed by atoms with Crippen molar-refractivity contribution in [3.63, 3.8) is 0 Å². The first-order chi connectivity index (χ1) is 14.8. The van der Waals surface area contributed by atoms with Gasteiger partial charge in [0.1, 0.15) is 0 Å². The van der Waals surface area contributed by atoms with Crippen molar-refractivity contribution in [2.24, 2.45) is 11.8 Å². The molecule has 2 aliphatic heterocycles. The van der Waals surface area contributed by atoms with Crippen LogP contribution in [-0.2, 0) is 19.9 Å². The fraction of sp³-hybridized carbons (Fsp3) is 0.429. The average Bonchev–Trinajstić information content (AvgIpc) is 3.34. The van der Waals surface area contributed by atoms with Gasteiger partial charge >= 0.3 is 10.4 Å². The van der Waals surface area contributed by atoms with Gasteiger partial charge in [0.2, 0.25) is 0 Å². The van der Waals surface area contributed by atoms with E-state index in [0.717, 1.165) is 5.56 Å². The van der Waals surface area contributed by atoms with Crippen LogP contribution in [0.5, 0.6) is 23.0 Å². The molecule has 0 bridgehead atoms. The molecule has 32 heavy (non-hydrogen) atoms. The van der Waals surface area contributed by atoms with E-state index in [-0.39, 0.29) is 41.7 Å². The smallest absolute Gasteiger partial charge is 0.446 e. The molecule has 2 heterocycles. The zero-order chi connectivity index (χ0) is 22.2. The van der Waals surface area contributed by atoms with E-state index in [9.17, 15) is 8.42 Å². The predicted octanol–water partition coefficient (Wildman–Crippen LogP) is 3.13. The third-order valence-corrected chi connectivity index (χ3v) is 6.10. The van der Waals surface area contributed by atoms with Crippen LogP contribution in [0.4, 0.5) is 0 Å². The highest BCUT2D eigenvalue weighted by atomic mass is 32.3. The zero-order valence-corrected chi connectivity index (χ0v) is 18.8. The van der Waals surface area contributed by atoms with Gasteiger partial charge in [-0.25, -0.2) is 0 Å². The maximum Gasteiger partial charge on any atom is 0.446 e. The minimum absolute atomic E-state index is 0. The van der Waals surface area contributed by atoms with Crippen molar-refractivity contribution in [1.29, 1.82) is 0 Å². The zero-order valence-electron chi connectivity index (χ0n) is 18.0. The molecule has 176 valence electrons. The van der Waals surface area contributed by atoms with E-state index in [0.29, 0.717) is 30.3 Å². The number of methoxy groups -OCH3 is 3. The summed E-state index contributed by atoms with van der Waals surface area (Å²) in [6.07, 6.45) is -0.480. The average molecular weight is 470 g/mol. The SMILES string of the molecule is COc1ccc([C@H]2OC[C@H]3[C@@H]2CO[C@H]3c2ccc(OC)c(OS(=O)(=O)O)c2)cc1OC.N. The van der Waals surface area contributed by atoms with Gasteiger partial charge in [0.15, 0.2) is 23.0 Å². The minimum Gasteiger partial charge on any atom is -0.493 e. The number of ether oxygens (including phenoxy) is 5. The third kappa shape index (κ3) is 4.62. The van der Waals surface area contributed by atoms with Gasteiger partial charge in [0.05, 0.1) is 46.8 Å². The second kappa shape index (κ2) is 9.51. The Balaban J connectivity index is 0.00000289. The van der Waals surface area contributed by atoms with E-state index in [1.54, 1.807) is 26.4 Å². The van der Waals surface area contributed by atoms with Crippen LogP contribution in [-0.4, -0.2) is 47.5 Å². The van der Waals surface area contributed by atoms with Crippen molar-refractivity contribution in [2.75, 3.05) is 34.5 Å². The molecule has 2 aromatic carbocycles.